The average Bonchev–Trinajstić information content (AvgIpc) is 3.44. The SMILES string of the molecule is COC1(c2cc(C)cc(-n3cc(C4=CCOCC4)c4cnc(NC(C)=O)cc43)n2)CCOC1. The van der Waals surface area contributed by atoms with Crippen molar-refractivity contribution in [1.82, 2.24) is 14.5 Å². The highest BCUT2D eigenvalue weighted by Crippen LogP contribution is 2.36. The van der Waals surface area contributed by atoms with E-state index in [1.165, 1.54) is 12.5 Å². The van der Waals surface area contributed by atoms with E-state index in [2.05, 4.69) is 46.2 Å². The summed E-state index contributed by atoms with van der Waals surface area (Å²) in [5.41, 5.74) is 4.66. The number of methoxy groups -OCH3 is 1. The number of pyridine rings is 2. The zero-order valence-electron chi connectivity index (χ0n) is 19.2. The zero-order chi connectivity index (χ0) is 23.0. The second-order valence-corrected chi connectivity index (χ2v) is 8.62. The summed E-state index contributed by atoms with van der Waals surface area (Å²) < 4.78 is 19.2. The fourth-order valence-electron chi connectivity index (χ4n) is 4.61. The van der Waals surface area contributed by atoms with Gasteiger partial charge in [-0.05, 0) is 36.6 Å². The molecule has 172 valence electrons. The molecule has 0 saturated carbocycles. The Morgan fingerprint density at radius 3 is 2.82 bits per heavy atom. The Hall–Kier alpha value is -3.07. The largest absolute Gasteiger partial charge is 0.378 e. The van der Waals surface area contributed by atoms with Crippen molar-refractivity contribution in [3.05, 3.63) is 53.5 Å². The third-order valence-electron chi connectivity index (χ3n) is 6.35. The molecule has 1 amide bonds. The maximum Gasteiger partial charge on any atom is 0.222 e. The van der Waals surface area contributed by atoms with Crippen molar-refractivity contribution in [3.8, 4) is 5.82 Å². The van der Waals surface area contributed by atoms with Crippen molar-refractivity contribution < 1.29 is 19.0 Å². The molecule has 0 aliphatic carbocycles. The monoisotopic (exact) mass is 448 g/mol. The second-order valence-electron chi connectivity index (χ2n) is 8.62. The molecule has 33 heavy (non-hydrogen) atoms. The van der Waals surface area contributed by atoms with Gasteiger partial charge in [-0.2, -0.15) is 0 Å². The molecule has 2 aliphatic rings. The number of fused-ring (bicyclic) bond motifs is 1. The van der Waals surface area contributed by atoms with E-state index in [4.69, 9.17) is 19.2 Å². The Bertz CT molecular complexity index is 1240. The number of ether oxygens (including phenoxy) is 3. The van der Waals surface area contributed by atoms with E-state index in [1.807, 2.05) is 12.3 Å². The van der Waals surface area contributed by atoms with Gasteiger partial charge in [0, 0.05) is 56.5 Å². The van der Waals surface area contributed by atoms with E-state index >= 15 is 0 Å². The van der Waals surface area contributed by atoms with Crippen molar-refractivity contribution in [2.75, 3.05) is 38.9 Å². The molecule has 1 unspecified atom stereocenters. The van der Waals surface area contributed by atoms with Gasteiger partial charge in [-0.15, -0.1) is 0 Å². The first-order chi connectivity index (χ1) is 16.0. The van der Waals surface area contributed by atoms with Gasteiger partial charge < -0.3 is 24.1 Å². The van der Waals surface area contributed by atoms with Gasteiger partial charge in [0.15, 0.2) is 0 Å². The molecule has 0 bridgehead atoms. The maximum absolute atomic E-state index is 11.6. The number of carbonyl (C=O) groups is 1. The fraction of sp³-hybridized carbons (Fsp3) is 0.400. The van der Waals surface area contributed by atoms with Crippen LogP contribution < -0.4 is 5.32 Å². The van der Waals surface area contributed by atoms with Crippen LogP contribution in [0, 0.1) is 6.92 Å². The molecule has 5 heterocycles. The molecule has 8 nitrogen and oxygen atoms in total. The van der Waals surface area contributed by atoms with Gasteiger partial charge in [0.2, 0.25) is 5.91 Å². The first-order valence-electron chi connectivity index (χ1n) is 11.2. The smallest absolute Gasteiger partial charge is 0.222 e. The maximum atomic E-state index is 11.6. The third-order valence-corrected chi connectivity index (χ3v) is 6.35. The Morgan fingerprint density at radius 2 is 2.12 bits per heavy atom. The van der Waals surface area contributed by atoms with E-state index in [9.17, 15) is 4.79 Å². The second kappa shape index (κ2) is 8.70. The number of hydrogen-bond donors (Lipinski definition) is 1. The highest BCUT2D eigenvalue weighted by molar-refractivity contribution is 5.96. The van der Waals surface area contributed by atoms with Crippen molar-refractivity contribution >= 4 is 28.2 Å². The van der Waals surface area contributed by atoms with Crippen LogP contribution >= 0.6 is 0 Å². The average molecular weight is 449 g/mol. The van der Waals surface area contributed by atoms with E-state index in [-0.39, 0.29) is 5.91 Å². The highest BCUT2D eigenvalue weighted by atomic mass is 16.5. The number of rotatable bonds is 5. The molecule has 1 atom stereocenters. The number of aryl methyl sites for hydroxylation is 1. The standard InChI is InChI=1S/C25H28N4O4/c1-16-10-22(25(31-3)6-9-33-15-25)28-24(11-16)29-14-20(18-4-7-32-8-5-18)19-13-26-23(12-21(19)29)27-17(2)30/h4,10-14H,5-9,15H2,1-3H3,(H,26,27,30). The van der Waals surface area contributed by atoms with E-state index in [0.717, 1.165) is 46.4 Å². The van der Waals surface area contributed by atoms with Crippen LogP contribution in [-0.2, 0) is 24.6 Å². The Balaban J connectivity index is 1.70. The fourth-order valence-corrected chi connectivity index (χ4v) is 4.61. The molecule has 5 rings (SSSR count). The lowest BCUT2D eigenvalue weighted by Crippen LogP contribution is -2.30. The van der Waals surface area contributed by atoms with Gasteiger partial charge in [0.05, 0.1) is 31.0 Å². The van der Waals surface area contributed by atoms with E-state index in [1.54, 1.807) is 7.11 Å². The number of anilines is 1. The van der Waals surface area contributed by atoms with Crippen LogP contribution in [0.5, 0.6) is 0 Å². The molecule has 8 heteroatoms. The summed E-state index contributed by atoms with van der Waals surface area (Å²) >= 11 is 0. The van der Waals surface area contributed by atoms with Crippen LogP contribution in [0.1, 0.15) is 36.6 Å². The van der Waals surface area contributed by atoms with E-state index in [0.29, 0.717) is 32.2 Å². The quantitative estimate of drug-likeness (QED) is 0.640. The van der Waals surface area contributed by atoms with Crippen molar-refractivity contribution in [3.63, 3.8) is 0 Å². The zero-order valence-corrected chi connectivity index (χ0v) is 19.2. The lowest BCUT2D eigenvalue weighted by atomic mass is 9.97. The molecular formula is C25H28N4O4. The highest BCUT2D eigenvalue weighted by Gasteiger charge is 2.38. The summed E-state index contributed by atoms with van der Waals surface area (Å²) in [4.78, 5) is 21.1. The molecule has 1 fully saturated rings. The lowest BCUT2D eigenvalue weighted by Gasteiger charge is -2.26. The van der Waals surface area contributed by atoms with Crippen LogP contribution in [0.15, 0.2) is 36.7 Å². The lowest BCUT2D eigenvalue weighted by molar-refractivity contribution is -0.114. The van der Waals surface area contributed by atoms with Crippen molar-refractivity contribution in [1.29, 1.82) is 0 Å². The van der Waals surface area contributed by atoms with Gasteiger partial charge in [-0.3, -0.25) is 4.79 Å². The predicted octanol–water partition coefficient (Wildman–Crippen LogP) is 3.75. The van der Waals surface area contributed by atoms with Gasteiger partial charge >= 0.3 is 0 Å². The Labute approximate surface area is 192 Å². The molecule has 3 aromatic heterocycles. The van der Waals surface area contributed by atoms with Crippen molar-refractivity contribution in [2.24, 2.45) is 0 Å². The van der Waals surface area contributed by atoms with Crippen molar-refractivity contribution in [2.45, 2.75) is 32.3 Å². The van der Waals surface area contributed by atoms with Crippen LogP contribution in [0.4, 0.5) is 5.82 Å². The normalized spacial score (nSPS) is 20.8. The molecular weight excluding hydrogens is 420 g/mol. The first-order valence-corrected chi connectivity index (χ1v) is 11.2. The molecule has 2 aliphatic heterocycles. The van der Waals surface area contributed by atoms with Crippen LogP contribution in [0.25, 0.3) is 22.3 Å². The number of nitrogens with one attached hydrogen (secondary N) is 1. The number of carbonyl (C=O) groups excluding carboxylic acids is 1. The van der Waals surface area contributed by atoms with Crippen LogP contribution in [0.2, 0.25) is 0 Å². The van der Waals surface area contributed by atoms with Gasteiger partial charge in [0.25, 0.3) is 0 Å². The third kappa shape index (κ3) is 4.06. The molecule has 3 aromatic rings. The van der Waals surface area contributed by atoms with Crippen LogP contribution in [0.3, 0.4) is 0 Å². The summed E-state index contributed by atoms with van der Waals surface area (Å²) in [6, 6.07) is 6.02. The number of amides is 1. The van der Waals surface area contributed by atoms with Crippen LogP contribution in [-0.4, -0.2) is 54.0 Å². The summed E-state index contributed by atoms with van der Waals surface area (Å²) in [6.07, 6.45) is 7.65. The summed E-state index contributed by atoms with van der Waals surface area (Å²) in [5, 5.41) is 3.80. The molecule has 1 N–H and O–H groups in total. The molecule has 0 spiro atoms. The minimum Gasteiger partial charge on any atom is -0.378 e. The Kier molecular flexibility index (Phi) is 5.74. The molecule has 0 aromatic carbocycles. The minimum atomic E-state index is -0.543. The summed E-state index contributed by atoms with van der Waals surface area (Å²) in [5.74, 6) is 1.14. The summed E-state index contributed by atoms with van der Waals surface area (Å²) in [7, 11) is 1.71. The minimum absolute atomic E-state index is 0.161. The Morgan fingerprint density at radius 1 is 1.24 bits per heavy atom. The number of aromatic nitrogens is 3. The van der Waals surface area contributed by atoms with Gasteiger partial charge in [0.1, 0.15) is 17.2 Å². The predicted molar refractivity (Wildman–Crippen MR) is 125 cm³/mol. The van der Waals surface area contributed by atoms with E-state index < -0.39 is 5.60 Å². The van der Waals surface area contributed by atoms with Gasteiger partial charge in [-0.1, -0.05) is 6.08 Å². The molecule has 1 saturated heterocycles. The summed E-state index contributed by atoms with van der Waals surface area (Å²) in [6.45, 7) is 5.97. The number of hydrogen-bond acceptors (Lipinski definition) is 6. The molecule has 0 radical (unpaired) electrons. The number of nitrogens with zero attached hydrogens (tertiary/aromatic N) is 3. The topological polar surface area (TPSA) is 87.5 Å². The first kappa shape index (κ1) is 21.8. The van der Waals surface area contributed by atoms with Gasteiger partial charge in [-0.25, -0.2) is 9.97 Å².